The topological polar surface area (TPSA) is 49.4 Å². The monoisotopic (exact) mass is 364 g/mol. The van der Waals surface area contributed by atoms with Gasteiger partial charge in [-0.3, -0.25) is 9.59 Å². The second-order valence-electron chi connectivity index (χ2n) is 6.29. The van der Waals surface area contributed by atoms with Crippen molar-refractivity contribution in [2.45, 2.75) is 32.6 Å². The van der Waals surface area contributed by atoms with Crippen LogP contribution in [0.5, 0.6) is 0 Å². The molecule has 2 fully saturated rings. The maximum absolute atomic E-state index is 12.4. The zero-order valence-corrected chi connectivity index (χ0v) is 14.4. The van der Waals surface area contributed by atoms with Crippen LogP contribution < -0.4 is 5.32 Å². The predicted octanol–water partition coefficient (Wildman–Crippen LogP) is 3.34. The molecule has 2 unspecified atom stereocenters. The van der Waals surface area contributed by atoms with E-state index in [-0.39, 0.29) is 23.7 Å². The maximum Gasteiger partial charge on any atom is 0.228 e. The molecule has 0 bridgehead atoms. The van der Waals surface area contributed by atoms with Crippen molar-refractivity contribution in [1.29, 1.82) is 0 Å². The van der Waals surface area contributed by atoms with Gasteiger partial charge in [-0.15, -0.1) is 0 Å². The van der Waals surface area contributed by atoms with Crippen molar-refractivity contribution < 1.29 is 9.59 Å². The van der Waals surface area contributed by atoms with Gasteiger partial charge < -0.3 is 10.2 Å². The largest absolute Gasteiger partial charge is 0.342 e. The molecular formula is C17H21BrN2O2. The van der Waals surface area contributed by atoms with Crippen LogP contribution in [0.4, 0.5) is 5.69 Å². The van der Waals surface area contributed by atoms with Crippen LogP contribution in [0.15, 0.2) is 22.7 Å². The van der Waals surface area contributed by atoms with E-state index in [0.717, 1.165) is 41.7 Å². The van der Waals surface area contributed by atoms with Crippen molar-refractivity contribution in [3.63, 3.8) is 0 Å². The van der Waals surface area contributed by atoms with Gasteiger partial charge in [-0.2, -0.15) is 0 Å². The van der Waals surface area contributed by atoms with Crippen molar-refractivity contribution in [2.24, 2.45) is 11.8 Å². The van der Waals surface area contributed by atoms with Gasteiger partial charge in [0.05, 0.1) is 11.8 Å². The Labute approximate surface area is 139 Å². The number of amides is 2. The number of piperidine rings is 1. The van der Waals surface area contributed by atoms with Crippen molar-refractivity contribution in [1.82, 2.24) is 4.90 Å². The van der Waals surface area contributed by atoms with Crippen molar-refractivity contribution in [2.75, 3.05) is 18.4 Å². The molecule has 0 aromatic heterocycles. The molecule has 1 saturated heterocycles. The molecule has 1 saturated carbocycles. The van der Waals surface area contributed by atoms with E-state index in [9.17, 15) is 9.59 Å². The number of aryl methyl sites for hydroxylation is 1. The molecule has 2 atom stereocenters. The number of carbonyl (C=O) groups is 2. The number of benzene rings is 1. The Morgan fingerprint density at radius 2 is 1.91 bits per heavy atom. The molecular weight excluding hydrogens is 344 g/mol. The molecule has 2 amide bonds. The summed E-state index contributed by atoms with van der Waals surface area (Å²) in [6, 6.07) is 5.75. The molecule has 1 aliphatic heterocycles. The number of rotatable bonds is 3. The van der Waals surface area contributed by atoms with Gasteiger partial charge in [0, 0.05) is 23.2 Å². The van der Waals surface area contributed by atoms with Gasteiger partial charge >= 0.3 is 0 Å². The highest BCUT2D eigenvalue weighted by Gasteiger charge is 2.49. The third-order valence-electron chi connectivity index (χ3n) is 4.55. The van der Waals surface area contributed by atoms with Crippen LogP contribution in [0.25, 0.3) is 0 Å². The second-order valence-corrected chi connectivity index (χ2v) is 7.14. The lowest BCUT2D eigenvalue weighted by atomic mass is 10.1. The summed E-state index contributed by atoms with van der Waals surface area (Å²) in [6.45, 7) is 3.72. The summed E-state index contributed by atoms with van der Waals surface area (Å²) in [7, 11) is 0. The summed E-state index contributed by atoms with van der Waals surface area (Å²) in [5.41, 5.74) is 1.90. The van der Waals surface area contributed by atoms with Crippen LogP contribution in [0, 0.1) is 18.8 Å². The molecule has 1 N–H and O–H groups in total. The molecule has 5 heteroatoms. The van der Waals surface area contributed by atoms with E-state index in [1.807, 2.05) is 30.0 Å². The van der Waals surface area contributed by atoms with E-state index in [4.69, 9.17) is 0 Å². The summed E-state index contributed by atoms with van der Waals surface area (Å²) in [5.74, 6) is -0.127. The first-order valence-electron chi connectivity index (χ1n) is 7.92. The Balaban J connectivity index is 1.55. The lowest BCUT2D eigenvalue weighted by Gasteiger charge is -2.26. The van der Waals surface area contributed by atoms with E-state index in [2.05, 4.69) is 21.2 Å². The van der Waals surface area contributed by atoms with Crippen molar-refractivity contribution >= 4 is 33.4 Å². The zero-order chi connectivity index (χ0) is 15.7. The molecule has 0 spiro atoms. The van der Waals surface area contributed by atoms with E-state index in [0.29, 0.717) is 6.42 Å². The van der Waals surface area contributed by atoms with Crippen LogP contribution in [0.1, 0.15) is 31.2 Å². The minimum atomic E-state index is -0.158. The minimum absolute atomic E-state index is 0.0360. The van der Waals surface area contributed by atoms with Crippen LogP contribution in [-0.2, 0) is 9.59 Å². The van der Waals surface area contributed by atoms with E-state index >= 15 is 0 Å². The molecule has 1 aliphatic carbocycles. The first kappa shape index (κ1) is 15.5. The Kier molecular flexibility index (Phi) is 4.52. The lowest BCUT2D eigenvalue weighted by molar-refractivity contribution is -0.134. The number of nitrogens with zero attached hydrogens (tertiary/aromatic N) is 1. The second kappa shape index (κ2) is 6.41. The molecule has 0 radical (unpaired) electrons. The average Bonchev–Trinajstić information content (AvgIpc) is 3.32. The fourth-order valence-electron chi connectivity index (χ4n) is 3.01. The lowest BCUT2D eigenvalue weighted by Crippen LogP contribution is -2.37. The van der Waals surface area contributed by atoms with E-state index in [1.165, 1.54) is 6.42 Å². The summed E-state index contributed by atoms with van der Waals surface area (Å²) < 4.78 is 0.974. The normalized spacial score (nSPS) is 24.0. The Bertz CT molecular complexity index is 596. The van der Waals surface area contributed by atoms with Crippen LogP contribution in [0.3, 0.4) is 0 Å². The highest BCUT2D eigenvalue weighted by Crippen LogP contribution is 2.41. The van der Waals surface area contributed by atoms with Gasteiger partial charge in [0.1, 0.15) is 0 Å². The number of halogens is 1. The molecule has 4 nitrogen and oxygen atoms in total. The molecule has 3 rings (SSSR count). The third-order valence-corrected chi connectivity index (χ3v) is 5.41. The number of hydrogen-bond donors (Lipinski definition) is 1. The maximum atomic E-state index is 12.4. The first-order chi connectivity index (χ1) is 10.6. The quantitative estimate of drug-likeness (QED) is 0.893. The van der Waals surface area contributed by atoms with Crippen molar-refractivity contribution in [3.05, 3.63) is 28.2 Å². The number of anilines is 1. The summed E-state index contributed by atoms with van der Waals surface area (Å²) >= 11 is 3.46. The molecule has 118 valence electrons. The van der Waals surface area contributed by atoms with E-state index < -0.39 is 0 Å². The van der Waals surface area contributed by atoms with Gasteiger partial charge in [0.2, 0.25) is 11.8 Å². The summed E-state index contributed by atoms with van der Waals surface area (Å²) in [5, 5.41) is 2.92. The zero-order valence-electron chi connectivity index (χ0n) is 12.8. The minimum Gasteiger partial charge on any atom is -0.342 e. The fourth-order valence-corrected chi connectivity index (χ4v) is 3.39. The molecule has 1 aromatic rings. The predicted molar refractivity (Wildman–Crippen MR) is 89.5 cm³/mol. The standard InChI is InChI=1S/C17H21BrN2O2/c1-11-5-6-12(9-15(11)18)19-16(21)13-10-14(13)17(22)20-7-3-2-4-8-20/h5-6,9,13-14H,2-4,7-8,10H2,1H3,(H,19,21). The SMILES string of the molecule is Cc1ccc(NC(=O)C2CC2C(=O)N2CCCCC2)cc1Br. The summed E-state index contributed by atoms with van der Waals surface area (Å²) in [4.78, 5) is 26.6. The van der Waals surface area contributed by atoms with Crippen LogP contribution in [-0.4, -0.2) is 29.8 Å². The molecule has 2 aliphatic rings. The smallest absolute Gasteiger partial charge is 0.228 e. The number of carbonyl (C=O) groups excluding carboxylic acids is 2. The number of hydrogen-bond acceptors (Lipinski definition) is 2. The van der Waals surface area contributed by atoms with Crippen LogP contribution >= 0.6 is 15.9 Å². The highest BCUT2D eigenvalue weighted by molar-refractivity contribution is 9.10. The highest BCUT2D eigenvalue weighted by atomic mass is 79.9. The summed E-state index contributed by atoms with van der Waals surface area (Å²) in [6.07, 6.45) is 4.08. The Morgan fingerprint density at radius 3 is 2.59 bits per heavy atom. The molecule has 1 aromatic carbocycles. The van der Waals surface area contributed by atoms with Gasteiger partial charge in [-0.25, -0.2) is 0 Å². The van der Waals surface area contributed by atoms with Gasteiger partial charge in [-0.1, -0.05) is 22.0 Å². The third kappa shape index (κ3) is 3.35. The van der Waals surface area contributed by atoms with E-state index in [1.54, 1.807) is 0 Å². The molecule has 22 heavy (non-hydrogen) atoms. The van der Waals surface area contributed by atoms with Crippen molar-refractivity contribution in [3.8, 4) is 0 Å². The Morgan fingerprint density at radius 1 is 1.18 bits per heavy atom. The fraction of sp³-hybridized carbons (Fsp3) is 0.529. The van der Waals surface area contributed by atoms with Crippen LogP contribution in [0.2, 0.25) is 0 Å². The first-order valence-corrected chi connectivity index (χ1v) is 8.71. The van der Waals surface area contributed by atoms with Gasteiger partial charge in [0.15, 0.2) is 0 Å². The number of nitrogens with one attached hydrogen (secondary N) is 1. The van der Waals surface area contributed by atoms with Gasteiger partial charge in [-0.05, 0) is 50.3 Å². The average molecular weight is 365 g/mol. The number of likely N-dealkylation sites (tertiary alicyclic amines) is 1. The van der Waals surface area contributed by atoms with Gasteiger partial charge in [0.25, 0.3) is 0 Å². The Hall–Kier alpha value is -1.36. The molecule has 1 heterocycles.